The summed E-state index contributed by atoms with van der Waals surface area (Å²) in [6.45, 7) is 2.69. The number of rotatable bonds is 1. The molecule has 4 rings (SSSR count). The first-order valence-electron chi connectivity index (χ1n) is 6.41. The average molecular weight is 258 g/mol. The van der Waals surface area contributed by atoms with Crippen LogP contribution in [0.4, 0.5) is 0 Å². The van der Waals surface area contributed by atoms with Gasteiger partial charge in [0.15, 0.2) is 0 Å². The van der Waals surface area contributed by atoms with E-state index in [1.54, 1.807) is 6.08 Å². The van der Waals surface area contributed by atoms with Crippen molar-refractivity contribution in [3.63, 3.8) is 0 Å². The maximum absolute atomic E-state index is 12.2. The number of hydrogen-bond acceptors (Lipinski definition) is 4. The van der Waals surface area contributed by atoms with Crippen LogP contribution in [0.5, 0.6) is 0 Å². The Morgan fingerprint density at radius 3 is 3.00 bits per heavy atom. The molecule has 1 saturated heterocycles. The van der Waals surface area contributed by atoms with Gasteiger partial charge in [-0.25, -0.2) is 4.79 Å². The molecule has 2 N–H and O–H groups in total. The van der Waals surface area contributed by atoms with Crippen LogP contribution in [0.1, 0.15) is 38.5 Å². The van der Waals surface area contributed by atoms with E-state index in [-0.39, 0.29) is 17.2 Å². The highest BCUT2D eigenvalue weighted by atomic mass is 16.5. The predicted molar refractivity (Wildman–Crippen MR) is 67.1 cm³/mol. The van der Waals surface area contributed by atoms with Crippen LogP contribution in [0.15, 0.2) is 11.8 Å². The summed E-state index contributed by atoms with van der Waals surface area (Å²) in [4.78, 5) is 27.3. The molecule has 0 aromatic carbocycles. The molecule has 5 nitrogen and oxygen atoms in total. The molecule has 2 fully saturated rings. The minimum atomic E-state index is -0.365. The molecular weight excluding hydrogens is 244 g/mol. The third-order valence-electron chi connectivity index (χ3n) is 4.67. The van der Waals surface area contributed by atoms with E-state index in [0.717, 1.165) is 24.2 Å². The molecule has 1 aromatic rings. The molecule has 1 aliphatic heterocycles. The van der Waals surface area contributed by atoms with Crippen molar-refractivity contribution in [1.82, 2.24) is 10.3 Å². The number of fused-ring (bicyclic) bond motifs is 1. The Balaban J connectivity index is 2.02. The largest absolute Gasteiger partial charge is 0.465 e. The smallest absolute Gasteiger partial charge is 0.340 e. The number of allylic oxidation sites excluding steroid dienone is 2. The van der Waals surface area contributed by atoms with E-state index in [0.29, 0.717) is 22.9 Å². The lowest BCUT2D eigenvalue weighted by Crippen LogP contribution is -2.26. The summed E-state index contributed by atoms with van der Waals surface area (Å²) >= 11 is 0. The Bertz CT molecular complexity index is 670. The summed E-state index contributed by atoms with van der Waals surface area (Å²) in [6, 6.07) is 0. The van der Waals surface area contributed by atoms with Gasteiger partial charge in [-0.1, -0.05) is 0 Å². The third-order valence-corrected chi connectivity index (χ3v) is 4.67. The van der Waals surface area contributed by atoms with Crippen LogP contribution >= 0.6 is 0 Å². The second-order valence-electron chi connectivity index (χ2n) is 5.54. The van der Waals surface area contributed by atoms with Gasteiger partial charge >= 0.3 is 5.97 Å². The van der Waals surface area contributed by atoms with Crippen molar-refractivity contribution in [2.75, 3.05) is 13.7 Å². The number of carbonyl (C=O) groups excluding carboxylic acids is 2. The second-order valence-corrected chi connectivity index (χ2v) is 5.54. The van der Waals surface area contributed by atoms with Gasteiger partial charge in [-0.3, -0.25) is 4.79 Å². The summed E-state index contributed by atoms with van der Waals surface area (Å²) in [5, 5.41) is 3.29. The molecule has 2 heterocycles. The number of aromatic nitrogens is 1. The number of piperidine rings is 1. The van der Waals surface area contributed by atoms with E-state index in [1.165, 1.54) is 7.11 Å². The number of H-pyrrole nitrogens is 1. The normalized spacial score (nSPS) is 29.9. The SMILES string of the molecule is COC(=O)c1c(C)[nH]c2c1C13C[C@@H]1CNC3=CC2=O. The Morgan fingerprint density at radius 1 is 1.53 bits per heavy atom. The quantitative estimate of drug-likeness (QED) is 0.739. The fraction of sp³-hybridized carbons (Fsp3) is 0.429. The van der Waals surface area contributed by atoms with Crippen molar-refractivity contribution in [3.8, 4) is 0 Å². The number of aryl methyl sites for hydroxylation is 1. The number of ether oxygens (including phenoxy) is 1. The molecule has 1 saturated carbocycles. The zero-order chi connectivity index (χ0) is 13.4. The van der Waals surface area contributed by atoms with Gasteiger partial charge < -0.3 is 15.0 Å². The van der Waals surface area contributed by atoms with Gasteiger partial charge in [-0.05, 0) is 19.3 Å². The zero-order valence-corrected chi connectivity index (χ0v) is 10.8. The van der Waals surface area contributed by atoms with Crippen molar-refractivity contribution in [1.29, 1.82) is 0 Å². The summed E-state index contributed by atoms with van der Waals surface area (Å²) in [5.41, 5.74) is 3.51. The van der Waals surface area contributed by atoms with Crippen LogP contribution in [0.3, 0.4) is 0 Å². The third kappa shape index (κ3) is 1.07. The molecule has 2 atom stereocenters. The van der Waals surface area contributed by atoms with Crippen LogP contribution in [0, 0.1) is 12.8 Å². The molecule has 2 aliphatic carbocycles. The first kappa shape index (κ1) is 10.8. The molecule has 0 amide bonds. The van der Waals surface area contributed by atoms with Crippen molar-refractivity contribution < 1.29 is 14.3 Å². The number of hydrogen-bond donors (Lipinski definition) is 2. The Hall–Kier alpha value is -2.04. The maximum atomic E-state index is 12.2. The lowest BCUT2D eigenvalue weighted by atomic mass is 9.83. The molecular formula is C14H14N2O3. The van der Waals surface area contributed by atoms with Gasteiger partial charge in [0.1, 0.15) is 0 Å². The molecule has 3 aliphatic rings. The van der Waals surface area contributed by atoms with Gasteiger partial charge in [-0.2, -0.15) is 0 Å². The van der Waals surface area contributed by atoms with Crippen LogP contribution < -0.4 is 5.32 Å². The van der Waals surface area contributed by atoms with E-state index in [9.17, 15) is 9.59 Å². The molecule has 5 heteroatoms. The molecule has 0 radical (unpaired) electrons. The first-order valence-corrected chi connectivity index (χ1v) is 6.41. The first-order chi connectivity index (χ1) is 9.09. The fourth-order valence-electron chi connectivity index (χ4n) is 3.73. The van der Waals surface area contributed by atoms with Crippen LogP contribution in [0.2, 0.25) is 0 Å². The number of esters is 1. The van der Waals surface area contributed by atoms with E-state index < -0.39 is 0 Å². The number of nitrogens with one attached hydrogen (secondary N) is 2. The Kier molecular flexibility index (Phi) is 1.77. The molecule has 1 spiro atoms. The van der Waals surface area contributed by atoms with Gasteiger partial charge in [0, 0.05) is 35.0 Å². The average Bonchev–Trinajstić information content (AvgIpc) is 2.83. The summed E-state index contributed by atoms with van der Waals surface area (Å²) in [5.74, 6) is 0.0640. The summed E-state index contributed by atoms with van der Waals surface area (Å²) in [7, 11) is 1.37. The highest BCUT2D eigenvalue weighted by Crippen LogP contribution is 2.64. The van der Waals surface area contributed by atoms with E-state index in [4.69, 9.17) is 4.74 Å². The standard InChI is InChI=1S/C14H14N2O3/c1-6-10(13(18)19-2)11-12(16-6)8(17)3-9-14(11)4-7(14)5-15-9/h3,7,15-16H,4-5H2,1-2H3/t7-,14?/m1/s1. The van der Waals surface area contributed by atoms with Gasteiger partial charge in [0.05, 0.1) is 18.4 Å². The van der Waals surface area contributed by atoms with Crippen LogP contribution in [0.25, 0.3) is 0 Å². The molecule has 1 unspecified atom stereocenters. The second kappa shape index (κ2) is 3.10. The van der Waals surface area contributed by atoms with E-state index in [2.05, 4.69) is 10.3 Å². The van der Waals surface area contributed by atoms with E-state index >= 15 is 0 Å². The summed E-state index contributed by atoms with van der Waals surface area (Å²) in [6.07, 6.45) is 2.68. The number of ketones is 1. The van der Waals surface area contributed by atoms with Crippen LogP contribution in [-0.4, -0.2) is 30.4 Å². The fourth-order valence-corrected chi connectivity index (χ4v) is 3.73. The topological polar surface area (TPSA) is 71.2 Å². The lowest BCUT2D eigenvalue weighted by molar-refractivity contribution is 0.0598. The highest BCUT2D eigenvalue weighted by Gasteiger charge is 2.65. The van der Waals surface area contributed by atoms with Crippen molar-refractivity contribution in [2.24, 2.45) is 5.92 Å². The number of aromatic amines is 1. The van der Waals surface area contributed by atoms with Crippen LogP contribution in [-0.2, 0) is 10.2 Å². The van der Waals surface area contributed by atoms with Crippen molar-refractivity contribution in [3.05, 3.63) is 34.3 Å². The predicted octanol–water partition coefficient (Wildman–Crippen LogP) is 1.05. The molecule has 19 heavy (non-hydrogen) atoms. The molecule has 98 valence electrons. The minimum Gasteiger partial charge on any atom is -0.465 e. The van der Waals surface area contributed by atoms with Gasteiger partial charge in [0.25, 0.3) is 0 Å². The van der Waals surface area contributed by atoms with Gasteiger partial charge in [0.2, 0.25) is 5.78 Å². The summed E-state index contributed by atoms with van der Waals surface area (Å²) < 4.78 is 4.88. The zero-order valence-electron chi connectivity index (χ0n) is 10.8. The monoisotopic (exact) mass is 258 g/mol. The number of methoxy groups -OCH3 is 1. The Labute approximate surface area is 110 Å². The minimum absolute atomic E-state index is 0.0612. The number of carbonyl (C=O) groups is 2. The molecule has 0 bridgehead atoms. The maximum Gasteiger partial charge on any atom is 0.340 e. The highest BCUT2D eigenvalue weighted by molar-refractivity contribution is 6.10. The Morgan fingerprint density at radius 2 is 2.32 bits per heavy atom. The molecule has 1 aromatic heterocycles. The van der Waals surface area contributed by atoms with Crippen molar-refractivity contribution in [2.45, 2.75) is 18.8 Å². The van der Waals surface area contributed by atoms with Gasteiger partial charge in [-0.15, -0.1) is 0 Å². The lowest BCUT2D eigenvalue weighted by Gasteiger charge is -2.21. The van der Waals surface area contributed by atoms with E-state index in [1.807, 2.05) is 6.92 Å². The van der Waals surface area contributed by atoms with Crippen molar-refractivity contribution >= 4 is 11.8 Å².